The van der Waals surface area contributed by atoms with E-state index in [0.29, 0.717) is 5.58 Å². The molecule has 7 aromatic rings. The fourth-order valence-electron chi connectivity index (χ4n) is 4.73. The molecule has 0 fully saturated rings. The minimum atomic E-state index is -0.302. The summed E-state index contributed by atoms with van der Waals surface area (Å²) in [5.41, 5.74) is 1.68. The zero-order chi connectivity index (χ0) is 21.7. The lowest BCUT2D eigenvalue weighted by molar-refractivity contribution is 0.561. The third-order valence-electron chi connectivity index (χ3n) is 6.25. The molecule has 0 spiro atoms. The van der Waals surface area contributed by atoms with Gasteiger partial charge in [-0.15, -0.1) is 0 Å². The average molecular weight is 412 g/mol. The van der Waals surface area contributed by atoms with E-state index in [1.807, 2.05) is 18.2 Å². The van der Waals surface area contributed by atoms with E-state index in [9.17, 15) is 4.79 Å². The zero-order valence-electron chi connectivity index (χ0n) is 17.6. The van der Waals surface area contributed by atoms with Gasteiger partial charge in [0.2, 0.25) is 0 Å². The van der Waals surface area contributed by atoms with Gasteiger partial charge in [0.05, 0.1) is 0 Å². The SMILES string of the molecule is Cc1cccc2c1cc1ccc3cccc4ccc2c1c34.O=c1ccc2ccccc2o1. The normalized spacial score (nSPS) is 11.4. The monoisotopic (exact) mass is 412 g/mol. The molecule has 0 aliphatic rings. The van der Waals surface area contributed by atoms with Crippen molar-refractivity contribution in [2.24, 2.45) is 0 Å². The van der Waals surface area contributed by atoms with Gasteiger partial charge in [-0.05, 0) is 73.8 Å². The van der Waals surface area contributed by atoms with Crippen LogP contribution >= 0.6 is 0 Å². The second kappa shape index (κ2) is 7.21. The fourth-order valence-corrected chi connectivity index (χ4v) is 4.73. The molecule has 7 rings (SSSR count). The fraction of sp³-hybridized carbons (Fsp3) is 0.0333. The Hall–Kier alpha value is -4.17. The predicted octanol–water partition coefficient (Wildman–Crippen LogP) is 7.84. The molecule has 0 amide bonds. The van der Waals surface area contributed by atoms with Crippen molar-refractivity contribution in [3.05, 3.63) is 119 Å². The van der Waals surface area contributed by atoms with E-state index in [-0.39, 0.29) is 5.63 Å². The van der Waals surface area contributed by atoms with Gasteiger partial charge in [-0.2, -0.15) is 0 Å². The first-order valence-electron chi connectivity index (χ1n) is 10.7. The van der Waals surface area contributed by atoms with Crippen molar-refractivity contribution in [1.82, 2.24) is 0 Å². The van der Waals surface area contributed by atoms with Crippen LogP contribution in [-0.2, 0) is 0 Å². The number of rotatable bonds is 0. The van der Waals surface area contributed by atoms with Crippen LogP contribution in [0.3, 0.4) is 0 Å². The van der Waals surface area contributed by atoms with E-state index in [4.69, 9.17) is 4.42 Å². The third-order valence-corrected chi connectivity index (χ3v) is 6.25. The highest BCUT2D eigenvalue weighted by Crippen LogP contribution is 2.38. The molecule has 2 heteroatoms. The molecular weight excluding hydrogens is 392 g/mol. The molecule has 0 aliphatic heterocycles. The molecule has 152 valence electrons. The Morgan fingerprint density at radius 1 is 0.531 bits per heavy atom. The average Bonchev–Trinajstić information content (AvgIpc) is 2.83. The summed E-state index contributed by atoms with van der Waals surface area (Å²) in [7, 11) is 0. The van der Waals surface area contributed by atoms with E-state index in [2.05, 4.69) is 73.7 Å². The van der Waals surface area contributed by atoms with Gasteiger partial charge in [-0.3, -0.25) is 0 Å². The second-order valence-corrected chi connectivity index (χ2v) is 8.19. The van der Waals surface area contributed by atoms with E-state index in [1.165, 1.54) is 54.7 Å². The van der Waals surface area contributed by atoms with Gasteiger partial charge in [0.1, 0.15) is 5.58 Å². The second-order valence-electron chi connectivity index (χ2n) is 8.19. The lowest BCUT2D eigenvalue weighted by atomic mass is 9.90. The number of para-hydroxylation sites is 1. The minimum Gasteiger partial charge on any atom is -0.423 e. The van der Waals surface area contributed by atoms with Crippen LogP contribution in [0.2, 0.25) is 0 Å². The Balaban J connectivity index is 0.000000150. The van der Waals surface area contributed by atoms with Crippen LogP contribution in [-0.4, -0.2) is 0 Å². The van der Waals surface area contributed by atoms with Crippen molar-refractivity contribution < 1.29 is 4.42 Å². The van der Waals surface area contributed by atoms with Crippen LogP contribution in [0.1, 0.15) is 5.56 Å². The summed E-state index contributed by atoms with van der Waals surface area (Å²) in [6, 6.07) is 35.1. The summed E-state index contributed by atoms with van der Waals surface area (Å²) in [5, 5.41) is 11.9. The Labute approximate surface area is 184 Å². The maximum absolute atomic E-state index is 10.7. The number of aryl methyl sites for hydroxylation is 1. The molecule has 1 aromatic heterocycles. The van der Waals surface area contributed by atoms with Crippen molar-refractivity contribution in [3.63, 3.8) is 0 Å². The van der Waals surface area contributed by atoms with E-state index < -0.39 is 0 Å². The smallest absolute Gasteiger partial charge is 0.336 e. The van der Waals surface area contributed by atoms with Gasteiger partial charge in [0.15, 0.2) is 0 Å². The lowest BCUT2D eigenvalue weighted by Gasteiger charge is -2.13. The Morgan fingerprint density at radius 3 is 2.09 bits per heavy atom. The van der Waals surface area contributed by atoms with Crippen LogP contribution in [0.15, 0.2) is 112 Å². The van der Waals surface area contributed by atoms with Gasteiger partial charge in [-0.25, -0.2) is 4.79 Å². The molecule has 2 nitrogen and oxygen atoms in total. The third kappa shape index (κ3) is 2.92. The van der Waals surface area contributed by atoms with Gasteiger partial charge >= 0.3 is 5.63 Å². The number of fused-ring (bicyclic) bond motifs is 3. The standard InChI is InChI=1S/C21H14.C9H6O2/c1-13-4-2-7-17-18-11-10-15-6-3-5-14-8-9-16(12-19(13)17)21(18)20(14)15;10-9-6-5-7-3-1-2-4-8(7)11-9/h2-12H,1H3;1-6H. The van der Waals surface area contributed by atoms with Gasteiger partial charge in [0.25, 0.3) is 0 Å². The molecule has 0 bridgehead atoms. The Morgan fingerprint density at radius 2 is 1.22 bits per heavy atom. The minimum absolute atomic E-state index is 0.302. The van der Waals surface area contributed by atoms with Crippen LogP contribution in [0, 0.1) is 6.92 Å². The van der Waals surface area contributed by atoms with Crippen LogP contribution < -0.4 is 5.63 Å². The topological polar surface area (TPSA) is 30.2 Å². The van der Waals surface area contributed by atoms with Crippen LogP contribution in [0.5, 0.6) is 0 Å². The Kier molecular flexibility index (Phi) is 4.19. The zero-order valence-corrected chi connectivity index (χ0v) is 17.6. The predicted molar refractivity (Wildman–Crippen MR) is 135 cm³/mol. The van der Waals surface area contributed by atoms with Crippen LogP contribution in [0.4, 0.5) is 0 Å². The van der Waals surface area contributed by atoms with Crippen LogP contribution in [0.25, 0.3) is 54.1 Å². The highest BCUT2D eigenvalue weighted by molar-refractivity contribution is 6.29. The van der Waals surface area contributed by atoms with Gasteiger partial charge < -0.3 is 4.42 Å². The maximum atomic E-state index is 10.7. The van der Waals surface area contributed by atoms with Gasteiger partial charge in [-0.1, -0.05) is 78.9 Å². The summed E-state index contributed by atoms with van der Waals surface area (Å²) >= 11 is 0. The lowest BCUT2D eigenvalue weighted by Crippen LogP contribution is -1.93. The van der Waals surface area contributed by atoms with Crippen molar-refractivity contribution in [2.75, 3.05) is 0 Å². The van der Waals surface area contributed by atoms with Crippen molar-refractivity contribution in [3.8, 4) is 0 Å². The van der Waals surface area contributed by atoms with Gasteiger partial charge in [0, 0.05) is 11.5 Å². The summed E-state index contributed by atoms with van der Waals surface area (Å²) < 4.78 is 4.91. The van der Waals surface area contributed by atoms with E-state index >= 15 is 0 Å². The summed E-state index contributed by atoms with van der Waals surface area (Å²) in [5.74, 6) is 0. The number of benzene rings is 6. The van der Waals surface area contributed by atoms with E-state index in [1.54, 1.807) is 12.1 Å². The molecule has 32 heavy (non-hydrogen) atoms. The summed E-state index contributed by atoms with van der Waals surface area (Å²) in [4.78, 5) is 10.7. The first kappa shape index (κ1) is 18.6. The highest BCUT2D eigenvalue weighted by Gasteiger charge is 2.11. The summed E-state index contributed by atoms with van der Waals surface area (Å²) in [6.07, 6.45) is 0. The number of hydrogen-bond acceptors (Lipinski definition) is 2. The van der Waals surface area contributed by atoms with Crippen molar-refractivity contribution >= 4 is 54.1 Å². The summed E-state index contributed by atoms with van der Waals surface area (Å²) in [6.45, 7) is 2.19. The van der Waals surface area contributed by atoms with Crippen molar-refractivity contribution in [2.45, 2.75) is 6.92 Å². The van der Waals surface area contributed by atoms with E-state index in [0.717, 1.165) is 5.39 Å². The molecule has 0 N–H and O–H groups in total. The maximum Gasteiger partial charge on any atom is 0.336 e. The molecule has 0 saturated heterocycles. The Bertz CT molecular complexity index is 1790. The first-order chi connectivity index (χ1) is 15.7. The molecule has 6 aromatic carbocycles. The molecule has 0 unspecified atom stereocenters. The van der Waals surface area contributed by atoms with Crippen molar-refractivity contribution in [1.29, 1.82) is 0 Å². The highest BCUT2D eigenvalue weighted by atomic mass is 16.4. The molecular formula is C30H20O2. The molecule has 0 radical (unpaired) electrons. The quantitative estimate of drug-likeness (QED) is 0.144. The largest absolute Gasteiger partial charge is 0.423 e. The molecule has 0 aliphatic carbocycles. The molecule has 0 atom stereocenters. The molecule has 0 saturated carbocycles. The molecule has 1 heterocycles. The first-order valence-corrected chi connectivity index (χ1v) is 10.7. The number of hydrogen-bond donors (Lipinski definition) is 0.